The Morgan fingerprint density at radius 3 is 2.70 bits per heavy atom. The van der Waals surface area contributed by atoms with Crippen LogP contribution in [0.1, 0.15) is 55.2 Å². The number of piperidine rings is 1. The normalized spacial score (nSPS) is 15.5. The van der Waals surface area contributed by atoms with E-state index in [0.29, 0.717) is 29.9 Å². The standard InChI is InChI=1S/C29H31N5O3/c1-4-33-27-23(29(36)34-15-8-6-13-26(34)24-12-5-7-14-30-24)17-21(31-19(2)35)18-25(27)32-28(33)20-10-9-11-22(16-20)37-3/h5,7,9-12,14,16-18,26H,4,6,8,13,15H2,1-3H3,(H,31,35)/t26-/m0/s1. The Labute approximate surface area is 216 Å². The number of amides is 2. The quantitative estimate of drug-likeness (QED) is 0.382. The predicted molar refractivity (Wildman–Crippen MR) is 144 cm³/mol. The van der Waals surface area contributed by atoms with Crippen LogP contribution in [0.2, 0.25) is 0 Å². The first-order valence-corrected chi connectivity index (χ1v) is 12.7. The Kier molecular flexibility index (Phi) is 6.90. The summed E-state index contributed by atoms with van der Waals surface area (Å²) in [5.41, 5.74) is 4.26. The molecule has 1 aliphatic heterocycles. The van der Waals surface area contributed by atoms with Gasteiger partial charge < -0.3 is 19.5 Å². The molecule has 8 nitrogen and oxygen atoms in total. The van der Waals surface area contributed by atoms with Gasteiger partial charge in [-0.05, 0) is 62.6 Å². The largest absolute Gasteiger partial charge is 0.497 e. The van der Waals surface area contributed by atoms with Gasteiger partial charge in [0.25, 0.3) is 5.91 Å². The molecule has 190 valence electrons. The number of benzene rings is 2. The molecule has 2 aromatic heterocycles. The first kappa shape index (κ1) is 24.5. The average molecular weight is 498 g/mol. The van der Waals surface area contributed by atoms with Crippen molar-refractivity contribution in [1.82, 2.24) is 19.4 Å². The van der Waals surface area contributed by atoms with Crippen LogP contribution in [0.4, 0.5) is 5.69 Å². The maximum absolute atomic E-state index is 14.3. The Morgan fingerprint density at radius 2 is 1.97 bits per heavy atom. The zero-order chi connectivity index (χ0) is 25.9. The van der Waals surface area contributed by atoms with E-state index in [1.807, 2.05) is 60.4 Å². The molecule has 1 atom stereocenters. The summed E-state index contributed by atoms with van der Waals surface area (Å²) in [5, 5.41) is 2.85. The zero-order valence-electron chi connectivity index (χ0n) is 21.4. The minimum atomic E-state index is -0.204. The van der Waals surface area contributed by atoms with E-state index in [9.17, 15) is 9.59 Å². The number of methoxy groups -OCH3 is 1. The number of carbonyl (C=O) groups excluding carboxylic acids is 2. The van der Waals surface area contributed by atoms with E-state index >= 15 is 0 Å². The molecule has 0 unspecified atom stereocenters. The fourth-order valence-corrected chi connectivity index (χ4v) is 5.21. The Hall–Kier alpha value is -4.20. The highest BCUT2D eigenvalue weighted by atomic mass is 16.5. The van der Waals surface area contributed by atoms with Crippen LogP contribution in [0, 0.1) is 0 Å². The SMILES string of the molecule is CCn1c(-c2cccc(OC)c2)nc2cc(NC(C)=O)cc(C(=O)N3CCCC[C@H]3c3ccccn3)c21. The fourth-order valence-electron chi connectivity index (χ4n) is 5.21. The number of imidazole rings is 1. The number of ether oxygens (including phenoxy) is 1. The summed E-state index contributed by atoms with van der Waals surface area (Å²) < 4.78 is 7.49. The van der Waals surface area contributed by atoms with E-state index in [-0.39, 0.29) is 17.9 Å². The minimum Gasteiger partial charge on any atom is -0.497 e. The average Bonchev–Trinajstić information content (AvgIpc) is 3.31. The van der Waals surface area contributed by atoms with Gasteiger partial charge in [0.1, 0.15) is 11.6 Å². The van der Waals surface area contributed by atoms with Crippen molar-refractivity contribution in [2.24, 2.45) is 0 Å². The van der Waals surface area contributed by atoms with Crippen LogP contribution in [0.3, 0.4) is 0 Å². The lowest BCUT2D eigenvalue weighted by Crippen LogP contribution is -2.39. The van der Waals surface area contributed by atoms with Crippen molar-refractivity contribution in [3.63, 3.8) is 0 Å². The molecule has 1 saturated heterocycles. The molecule has 1 N–H and O–H groups in total. The van der Waals surface area contributed by atoms with Crippen LogP contribution < -0.4 is 10.1 Å². The lowest BCUT2D eigenvalue weighted by atomic mass is 9.97. The third-order valence-electron chi connectivity index (χ3n) is 6.83. The van der Waals surface area contributed by atoms with Gasteiger partial charge in [-0.25, -0.2) is 4.98 Å². The monoisotopic (exact) mass is 497 g/mol. The van der Waals surface area contributed by atoms with Crippen molar-refractivity contribution in [2.45, 2.75) is 45.7 Å². The number of rotatable bonds is 6. The fraction of sp³-hybridized carbons (Fsp3) is 0.310. The summed E-state index contributed by atoms with van der Waals surface area (Å²) in [6, 6.07) is 17.1. The highest BCUT2D eigenvalue weighted by Crippen LogP contribution is 2.35. The van der Waals surface area contributed by atoms with Crippen LogP contribution in [-0.4, -0.2) is 44.9 Å². The zero-order valence-corrected chi connectivity index (χ0v) is 21.4. The second-order valence-electron chi connectivity index (χ2n) is 9.25. The Balaban J connectivity index is 1.68. The number of hydrogen-bond acceptors (Lipinski definition) is 5. The molecule has 1 aliphatic rings. The van der Waals surface area contributed by atoms with Crippen molar-refractivity contribution >= 4 is 28.5 Å². The number of pyridine rings is 1. The third kappa shape index (κ3) is 4.79. The van der Waals surface area contributed by atoms with Crippen molar-refractivity contribution < 1.29 is 14.3 Å². The van der Waals surface area contributed by atoms with Crippen LogP contribution in [-0.2, 0) is 11.3 Å². The van der Waals surface area contributed by atoms with E-state index in [1.165, 1.54) is 6.92 Å². The maximum Gasteiger partial charge on any atom is 0.256 e. The van der Waals surface area contributed by atoms with Gasteiger partial charge in [0, 0.05) is 37.5 Å². The number of nitrogens with zero attached hydrogens (tertiary/aromatic N) is 4. The van der Waals surface area contributed by atoms with Crippen molar-refractivity contribution in [2.75, 3.05) is 19.0 Å². The van der Waals surface area contributed by atoms with Crippen LogP contribution in [0.15, 0.2) is 60.8 Å². The minimum absolute atomic E-state index is 0.0839. The molecule has 0 radical (unpaired) electrons. The first-order valence-electron chi connectivity index (χ1n) is 12.7. The van der Waals surface area contributed by atoms with Crippen LogP contribution in [0.25, 0.3) is 22.4 Å². The molecule has 3 heterocycles. The molecule has 1 fully saturated rings. The number of hydrogen-bond donors (Lipinski definition) is 1. The van der Waals surface area contributed by atoms with Crippen LogP contribution >= 0.6 is 0 Å². The number of nitrogens with one attached hydrogen (secondary N) is 1. The van der Waals surface area contributed by atoms with E-state index < -0.39 is 0 Å². The van der Waals surface area contributed by atoms with Crippen LogP contribution in [0.5, 0.6) is 5.75 Å². The summed E-state index contributed by atoms with van der Waals surface area (Å²) in [4.78, 5) is 37.6. The second kappa shape index (κ2) is 10.4. The highest BCUT2D eigenvalue weighted by Gasteiger charge is 2.32. The molecular weight excluding hydrogens is 466 g/mol. The Bertz CT molecular complexity index is 1450. The molecule has 5 rings (SSSR count). The molecule has 37 heavy (non-hydrogen) atoms. The molecule has 0 bridgehead atoms. The third-order valence-corrected chi connectivity index (χ3v) is 6.83. The molecule has 8 heteroatoms. The van der Waals surface area contributed by atoms with Gasteiger partial charge in [0.2, 0.25) is 5.91 Å². The molecule has 0 saturated carbocycles. The van der Waals surface area contributed by atoms with E-state index in [0.717, 1.165) is 47.6 Å². The van der Waals surface area contributed by atoms with Crippen molar-refractivity contribution in [1.29, 1.82) is 0 Å². The van der Waals surface area contributed by atoms with Crippen molar-refractivity contribution in [3.8, 4) is 17.1 Å². The number of fused-ring (bicyclic) bond motifs is 1. The van der Waals surface area contributed by atoms with Gasteiger partial charge in [-0.1, -0.05) is 18.2 Å². The Morgan fingerprint density at radius 1 is 1.11 bits per heavy atom. The molecule has 0 aliphatic carbocycles. The molecule has 0 spiro atoms. The molecule has 2 aromatic carbocycles. The van der Waals surface area contributed by atoms with Gasteiger partial charge >= 0.3 is 0 Å². The highest BCUT2D eigenvalue weighted by molar-refractivity contribution is 6.08. The molecule has 2 amide bonds. The summed E-state index contributed by atoms with van der Waals surface area (Å²) in [6.07, 6.45) is 4.61. The topological polar surface area (TPSA) is 89.3 Å². The van der Waals surface area contributed by atoms with Gasteiger partial charge in [0.05, 0.1) is 35.4 Å². The predicted octanol–water partition coefficient (Wildman–Crippen LogP) is 5.45. The first-order chi connectivity index (χ1) is 18.0. The number of likely N-dealkylation sites (tertiary alicyclic amines) is 1. The molecule has 4 aromatic rings. The van der Waals surface area contributed by atoms with Gasteiger partial charge in [0.15, 0.2) is 0 Å². The van der Waals surface area contributed by atoms with Gasteiger partial charge in [-0.3, -0.25) is 14.6 Å². The number of anilines is 1. The lowest BCUT2D eigenvalue weighted by Gasteiger charge is -2.35. The maximum atomic E-state index is 14.3. The smallest absolute Gasteiger partial charge is 0.256 e. The van der Waals surface area contributed by atoms with E-state index in [2.05, 4.69) is 14.9 Å². The number of aryl methyl sites for hydroxylation is 1. The summed E-state index contributed by atoms with van der Waals surface area (Å²) in [6.45, 7) is 4.76. The lowest BCUT2D eigenvalue weighted by molar-refractivity contribution is -0.114. The van der Waals surface area contributed by atoms with Crippen molar-refractivity contribution in [3.05, 3.63) is 72.1 Å². The number of aromatic nitrogens is 3. The molecular formula is C29H31N5O3. The summed E-state index contributed by atoms with van der Waals surface area (Å²) in [7, 11) is 1.63. The number of carbonyl (C=O) groups is 2. The van der Waals surface area contributed by atoms with E-state index in [1.54, 1.807) is 19.4 Å². The summed E-state index contributed by atoms with van der Waals surface area (Å²) >= 11 is 0. The van der Waals surface area contributed by atoms with E-state index in [4.69, 9.17) is 9.72 Å². The van der Waals surface area contributed by atoms with Gasteiger partial charge in [-0.2, -0.15) is 0 Å². The van der Waals surface area contributed by atoms with Gasteiger partial charge in [-0.15, -0.1) is 0 Å². The second-order valence-corrected chi connectivity index (χ2v) is 9.25. The summed E-state index contributed by atoms with van der Waals surface area (Å²) in [5.74, 6) is 1.18.